The minimum Gasteiger partial charge on any atom is -0.465 e. The molecule has 6 nitrogen and oxygen atoms in total. The molecule has 5 fully saturated rings. The van der Waals surface area contributed by atoms with Crippen molar-refractivity contribution >= 4 is 17.7 Å². The highest BCUT2D eigenvalue weighted by molar-refractivity contribution is 5.88. The number of carbonyl (C=O) groups excluding carboxylic acids is 3. The van der Waals surface area contributed by atoms with E-state index in [0.29, 0.717) is 18.9 Å². The molecule has 5 aliphatic rings. The summed E-state index contributed by atoms with van der Waals surface area (Å²) in [5.74, 6) is -1.19. The predicted octanol–water partition coefficient (Wildman–Crippen LogP) is 4.32. The molecule has 0 amide bonds. The molecule has 4 saturated carbocycles. The topological polar surface area (TPSA) is 89.9 Å². The Bertz CT molecular complexity index is 911. The van der Waals surface area contributed by atoms with Crippen molar-refractivity contribution in [3.05, 3.63) is 0 Å². The van der Waals surface area contributed by atoms with Gasteiger partial charge in [-0.3, -0.25) is 14.4 Å². The van der Waals surface area contributed by atoms with E-state index in [9.17, 15) is 19.5 Å². The third-order valence-corrected chi connectivity index (χ3v) is 11.7. The van der Waals surface area contributed by atoms with E-state index in [2.05, 4.69) is 27.7 Å². The van der Waals surface area contributed by atoms with Gasteiger partial charge in [0.05, 0.1) is 24.5 Å². The van der Waals surface area contributed by atoms with Gasteiger partial charge < -0.3 is 14.6 Å². The van der Waals surface area contributed by atoms with Gasteiger partial charge in [-0.25, -0.2) is 0 Å². The first kappa shape index (κ1) is 24.3. The van der Waals surface area contributed by atoms with Gasteiger partial charge in [-0.2, -0.15) is 0 Å². The Kier molecular flexibility index (Phi) is 5.38. The number of esters is 2. The van der Waals surface area contributed by atoms with Crippen molar-refractivity contribution in [2.75, 3.05) is 6.61 Å². The first-order valence-corrected chi connectivity index (χ1v) is 13.3. The molecule has 1 aliphatic heterocycles. The number of aliphatic hydroxyl groups excluding tert-OH is 1. The number of hydrogen-bond acceptors (Lipinski definition) is 6. The van der Waals surface area contributed by atoms with Crippen LogP contribution in [0.2, 0.25) is 0 Å². The number of carbonyl (C=O) groups is 3. The average molecular weight is 475 g/mol. The molecule has 1 saturated heterocycles. The average Bonchev–Trinajstić information content (AvgIpc) is 2.98. The highest BCUT2D eigenvalue weighted by Gasteiger charge is 2.75. The Hall–Kier alpha value is -1.43. The van der Waals surface area contributed by atoms with Crippen molar-refractivity contribution in [3.63, 3.8) is 0 Å². The Balaban J connectivity index is 1.63. The van der Waals surface area contributed by atoms with Crippen molar-refractivity contribution in [2.24, 2.45) is 51.2 Å². The van der Waals surface area contributed by atoms with E-state index >= 15 is 0 Å². The van der Waals surface area contributed by atoms with Crippen molar-refractivity contribution in [2.45, 2.75) is 98.7 Å². The number of fused-ring (bicyclic) bond motifs is 4. The third-order valence-electron chi connectivity index (χ3n) is 11.7. The maximum atomic E-state index is 13.3. The lowest BCUT2D eigenvalue weighted by Crippen LogP contribution is -2.68. The van der Waals surface area contributed by atoms with Gasteiger partial charge in [-0.1, -0.05) is 34.1 Å². The van der Waals surface area contributed by atoms with Crippen molar-refractivity contribution < 1.29 is 29.0 Å². The van der Waals surface area contributed by atoms with Gasteiger partial charge in [0, 0.05) is 17.8 Å². The predicted molar refractivity (Wildman–Crippen MR) is 125 cm³/mol. The van der Waals surface area contributed by atoms with E-state index in [4.69, 9.17) is 9.47 Å². The zero-order valence-electron chi connectivity index (χ0n) is 21.7. The van der Waals surface area contributed by atoms with Gasteiger partial charge >= 0.3 is 11.9 Å². The second kappa shape index (κ2) is 7.54. The van der Waals surface area contributed by atoms with E-state index < -0.39 is 23.4 Å². The minimum atomic E-state index is -0.826. The minimum absolute atomic E-state index is 0.0750. The summed E-state index contributed by atoms with van der Waals surface area (Å²) < 4.78 is 11.9. The quantitative estimate of drug-likeness (QED) is 0.613. The number of aliphatic hydroxyl groups is 1. The molecule has 0 aromatic heterocycles. The van der Waals surface area contributed by atoms with Crippen LogP contribution in [0.1, 0.15) is 86.5 Å². The molecule has 5 rings (SSSR count). The summed E-state index contributed by atoms with van der Waals surface area (Å²) in [6, 6.07) is 0. The highest BCUT2D eigenvalue weighted by atomic mass is 16.6. The molecule has 0 radical (unpaired) electrons. The zero-order valence-corrected chi connectivity index (χ0v) is 21.7. The second-order valence-corrected chi connectivity index (χ2v) is 13.5. The highest BCUT2D eigenvalue weighted by Crippen LogP contribution is 2.75. The summed E-state index contributed by atoms with van der Waals surface area (Å²) in [5, 5.41) is 11.2. The fourth-order valence-corrected chi connectivity index (χ4v) is 10.4. The van der Waals surface area contributed by atoms with E-state index in [1.807, 2.05) is 0 Å². The van der Waals surface area contributed by atoms with Crippen LogP contribution in [0.15, 0.2) is 0 Å². The number of ketones is 1. The van der Waals surface area contributed by atoms with Crippen molar-refractivity contribution in [1.29, 1.82) is 0 Å². The number of rotatable bonds is 3. The van der Waals surface area contributed by atoms with Gasteiger partial charge in [0.1, 0.15) is 11.9 Å². The Morgan fingerprint density at radius 1 is 1.03 bits per heavy atom. The first-order valence-electron chi connectivity index (χ1n) is 13.3. The largest absolute Gasteiger partial charge is 0.465 e. The van der Waals surface area contributed by atoms with Gasteiger partial charge in [0.25, 0.3) is 0 Å². The molecule has 34 heavy (non-hydrogen) atoms. The molecule has 1 N–H and O–H groups in total. The van der Waals surface area contributed by atoms with Crippen LogP contribution in [0, 0.1) is 51.2 Å². The lowest BCUT2D eigenvalue weighted by atomic mass is 9.34. The van der Waals surface area contributed by atoms with Crippen LogP contribution >= 0.6 is 0 Å². The summed E-state index contributed by atoms with van der Waals surface area (Å²) in [5.41, 5.74) is -0.586. The Morgan fingerprint density at radius 2 is 1.74 bits per heavy atom. The SMILES string of the molecule is CC(=O)OC[C@]12CCCC(C)(C)[C@@H]1CC[C@]1(C)[C@@H]2C[C@H]2OC(=O)[C@H]3[C@H](C(C)=O)[C@@H](O)C[C@@H]1[C@]23C. The molecule has 6 heteroatoms. The molecule has 4 aliphatic carbocycles. The summed E-state index contributed by atoms with van der Waals surface area (Å²) in [6.07, 6.45) is 5.55. The molecule has 0 spiro atoms. The van der Waals surface area contributed by atoms with Crippen molar-refractivity contribution in [1.82, 2.24) is 0 Å². The molecule has 0 aromatic carbocycles. The lowest BCUT2D eigenvalue weighted by Gasteiger charge is -2.70. The molecular weight excluding hydrogens is 432 g/mol. The molecule has 190 valence electrons. The molecule has 10 atom stereocenters. The second-order valence-electron chi connectivity index (χ2n) is 13.5. The smallest absolute Gasteiger partial charge is 0.310 e. The third kappa shape index (κ3) is 2.99. The maximum absolute atomic E-state index is 13.3. The number of ether oxygens (including phenoxy) is 2. The fraction of sp³-hybridized carbons (Fsp3) is 0.893. The van der Waals surface area contributed by atoms with Gasteiger partial charge in [0.2, 0.25) is 0 Å². The van der Waals surface area contributed by atoms with E-state index in [1.165, 1.54) is 20.3 Å². The Morgan fingerprint density at radius 3 is 2.38 bits per heavy atom. The van der Waals surface area contributed by atoms with Crippen LogP contribution in [0.5, 0.6) is 0 Å². The summed E-state index contributed by atoms with van der Waals surface area (Å²) in [6.45, 7) is 12.6. The zero-order chi connectivity index (χ0) is 24.8. The fourth-order valence-electron chi connectivity index (χ4n) is 10.4. The van der Waals surface area contributed by atoms with Crippen LogP contribution in [0.3, 0.4) is 0 Å². The number of hydrogen-bond donors (Lipinski definition) is 1. The first-order chi connectivity index (χ1) is 15.8. The van der Waals surface area contributed by atoms with Crippen LogP contribution in [0.25, 0.3) is 0 Å². The Labute approximate surface area is 203 Å². The van der Waals surface area contributed by atoms with Crippen LogP contribution in [-0.4, -0.2) is 41.6 Å². The molecule has 1 heterocycles. The summed E-state index contributed by atoms with van der Waals surface area (Å²) in [7, 11) is 0. The van der Waals surface area contributed by atoms with Crippen LogP contribution in [-0.2, 0) is 23.9 Å². The molecule has 0 unspecified atom stereocenters. The molecule has 0 bridgehead atoms. The standard InChI is InChI=1S/C28H42O6/c1-15(29)22-17(31)12-19-26(5)11-8-18-25(3,4)9-7-10-28(18,14-33-16(2)30)20(26)13-21-27(19,6)23(22)24(32)34-21/h17-23,31H,7-14H2,1-6H3/t17-,18-,19-,20-,21+,22+,23+,26-,27+,28+/m0/s1. The normalized spacial score (nSPS) is 50.9. The molecule has 0 aromatic rings. The number of Topliss-reactive ketones (excluding diaryl/α,β-unsaturated/α-hetero) is 1. The van der Waals surface area contributed by atoms with E-state index in [-0.39, 0.29) is 51.9 Å². The van der Waals surface area contributed by atoms with Crippen LogP contribution < -0.4 is 0 Å². The molecular formula is C28H42O6. The summed E-state index contributed by atoms with van der Waals surface area (Å²) >= 11 is 0. The van der Waals surface area contributed by atoms with E-state index in [0.717, 1.165) is 32.1 Å². The monoisotopic (exact) mass is 474 g/mol. The van der Waals surface area contributed by atoms with Gasteiger partial charge in [-0.15, -0.1) is 0 Å². The van der Waals surface area contributed by atoms with Crippen molar-refractivity contribution in [3.8, 4) is 0 Å². The van der Waals surface area contributed by atoms with Gasteiger partial charge in [-0.05, 0) is 74.0 Å². The lowest BCUT2D eigenvalue weighted by molar-refractivity contribution is -0.249. The van der Waals surface area contributed by atoms with Gasteiger partial charge in [0.15, 0.2) is 0 Å². The summed E-state index contributed by atoms with van der Waals surface area (Å²) in [4.78, 5) is 37.8. The van der Waals surface area contributed by atoms with Crippen LogP contribution in [0.4, 0.5) is 0 Å². The van der Waals surface area contributed by atoms with E-state index in [1.54, 1.807) is 0 Å². The maximum Gasteiger partial charge on any atom is 0.310 e.